The van der Waals surface area contributed by atoms with Crippen molar-refractivity contribution < 1.29 is 19.1 Å². The molecule has 210 valence electrons. The fourth-order valence-corrected chi connectivity index (χ4v) is 6.49. The minimum atomic E-state index is -0.390. The fourth-order valence-electron chi connectivity index (χ4n) is 5.44. The molecule has 3 N–H and O–H groups in total. The summed E-state index contributed by atoms with van der Waals surface area (Å²) >= 11 is 1.25. The normalized spacial score (nSPS) is 18.1. The van der Waals surface area contributed by atoms with E-state index in [9.17, 15) is 14.4 Å². The minimum absolute atomic E-state index is 0.0142. The predicted octanol–water partition coefficient (Wildman–Crippen LogP) is 6.04. The number of rotatable bonds is 7. The Morgan fingerprint density at radius 2 is 1.90 bits per heavy atom. The van der Waals surface area contributed by atoms with Crippen LogP contribution in [0.4, 0.5) is 21.9 Å². The molecule has 3 aromatic heterocycles. The Labute approximate surface area is 241 Å². The molecular weight excluding hydrogens is 540 g/mol. The first-order valence-electron chi connectivity index (χ1n) is 13.7. The van der Waals surface area contributed by atoms with Gasteiger partial charge in [0.2, 0.25) is 11.8 Å². The van der Waals surface area contributed by atoms with Crippen molar-refractivity contribution in [1.29, 1.82) is 0 Å². The highest BCUT2D eigenvalue weighted by atomic mass is 32.1. The number of hydrogen-bond acceptors (Lipinski definition) is 7. The molecule has 11 heteroatoms. The van der Waals surface area contributed by atoms with Crippen molar-refractivity contribution in [3.63, 3.8) is 0 Å². The molecule has 10 nitrogen and oxygen atoms in total. The molecule has 1 aliphatic carbocycles. The van der Waals surface area contributed by atoms with Crippen LogP contribution in [0.5, 0.6) is 11.6 Å². The quantitative estimate of drug-likeness (QED) is 0.249. The van der Waals surface area contributed by atoms with Crippen molar-refractivity contribution in [3.8, 4) is 11.6 Å². The van der Waals surface area contributed by atoms with Crippen molar-refractivity contribution >= 4 is 56.5 Å². The van der Waals surface area contributed by atoms with E-state index in [1.807, 2.05) is 44.2 Å². The molecule has 1 fully saturated rings. The monoisotopic (exact) mass is 570 g/mol. The second kappa shape index (κ2) is 11.2. The highest BCUT2D eigenvalue weighted by Crippen LogP contribution is 2.47. The number of para-hydroxylation sites is 1. The highest BCUT2D eigenvalue weighted by Gasteiger charge is 2.36. The van der Waals surface area contributed by atoms with Gasteiger partial charge in [-0.25, -0.2) is 14.8 Å². The van der Waals surface area contributed by atoms with Gasteiger partial charge in [0.05, 0.1) is 28.6 Å². The summed E-state index contributed by atoms with van der Waals surface area (Å²) in [6, 6.07) is 12.4. The Hall–Kier alpha value is -4.51. The Balaban J connectivity index is 1.32. The maximum atomic E-state index is 13.8. The lowest BCUT2D eigenvalue weighted by Crippen LogP contribution is -2.45. The molecule has 2 aliphatic rings. The van der Waals surface area contributed by atoms with Gasteiger partial charge >= 0.3 is 6.03 Å². The van der Waals surface area contributed by atoms with Gasteiger partial charge in [0.25, 0.3) is 5.91 Å². The maximum absolute atomic E-state index is 13.8. The molecule has 0 spiro atoms. The van der Waals surface area contributed by atoms with Gasteiger partial charge in [-0.05, 0) is 56.4 Å². The van der Waals surface area contributed by atoms with Gasteiger partial charge in [-0.1, -0.05) is 25.1 Å². The van der Waals surface area contributed by atoms with E-state index in [4.69, 9.17) is 4.74 Å². The summed E-state index contributed by atoms with van der Waals surface area (Å²) in [6.07, 6.45) is 6.92. The lowest BCUT2D eigenvalue weighted by Gasteiger charge is -2.31. The molecule has 4 heterocycles. The van der Waals surface area contributed by atoms with Crippen LogP contribution in [0.3, 0.4) is 0 Å². The number of aromatic nitrogens is 2. The molecule has 4 amide bonds. The van der Waals surface area contributed by atoms with E-state index in [0.29, 0.717) is 56.6 Å². The molecule has 1 saturated carbocycles. The Kier molecular flexibility index (Phi) is 7.27. The summed E-state index contributed by atoms with van der Waals surface area (Å²) < 4.78 is 5.89. The predicted molar refractivity (Wildman–Crippen MR) is 158 cm³/mol. The number of aryl methyl sites for hydroxylation is 1. The molecular formula is C30H30N6O4S. The minimum Gasteiger partial charge on any atom is -0.439 e. The smallest absolute Gasteiger partial charge is 0.331 e. The molecule has 0 radical (unpaired) electrons. The van der Waals surface area contributed by atoms with Crippen LogP contribution < -0.4 is 25.6 Å². The number of pyridine rings is 2. The van der Waals surface area contributed by atoms with Crippen LogP contribution in [0, 0.1) is 6.92 Å². The van der Waals surface area contributed by atoms with Gasteiger partial charge < -0.3 is 20.7 Å². The Bertz CT molecular complexity index is 1640. The first-order chi connectivity index (χ1) is 19.9. The standard InChI is InChI=1S/C30H30N6O4S/c1-3-23(37)33-18-8-7-9-19(15-18)34-28(38)27-26-25-21(12-13-31-29(25)41-27)35-30(39)36(26)22-16-32-24(14-17(22)2)40-20-10-5-4-6-11-20/h4-6,10-14,16,18-19H,3,7-9,15H2,1-2H3,(H,33,37)(H,34,38)(H,35,39)/t18-,19+/m1/s1. The van der Waals surface area contributed by atoms with Crippen molar-refractivity contribution in [1.82, 2.24) is 20.6 Å². The summed E-state index contributed by atoms with van der Waals surface area (Å²) in [5, 5.41) is 9.88. The number of ether oxygens (including phenoxy) is 1. The van der Waals surface area contributed by atoms with Gasteiger partial charge in [0.15, 0.2) is 0 Å². The van der Waals surface area contributed by atoms with E-state index in [2.05, 4.69) is 25.9 Å². The third-order valence-corrected chi connectivity index (χ3v) is 8.49. The number of nitrogens with one attached hydrogen (secondary N) is 3. The largest absolute Gasteiger partial charge is 0.439 e. The number of carbonyl (C=O) groups excluding carboxylic acids is 3. The zero-order valence-corrected chi connectivity index (χ0v) is 23.6. The van der Waals surface area contributed by atoms with Gasteiger partial charge in [-0.2, -0.15) is 0 Å². The summed E-state index contributed by atoms with van der Waals surface area (Å²) in [5.74, 6) is 0.795. The van der Waals surface area contributed by atoms with E-state index < -0.39 is 0 Å². The first kappa shape index (κ1) is 26.7. The van der Waals surface area contributed by atoms with E-state index in [0.717, 1.165) is 24.8 Å². The number of thiophene rings is 1. The zero-order chi connectivity index (χ0) is 28.5. The molecule has 41 heavy (non-hydrogen) atoms. The average Bonchev–Trinajstić information content (AvgIpc) is 3.35. The second-order valence-electron chi connectivity index (χ2n) is 10.3. The summed E-state index contributed by atoms with van der Waals surface area (Å²) in [4.78, 5) is 50.8. The van der Waals surface area contributed by atoms with Crippen LogP contribution in [-0.4, -0.2) is 39.9 Å². The van der Waals surface area contributed by atoms with E-state index in [1.165, 1.54) is 16.2 Å². The molecule has 2 atom stereocenters. The molecule has 0 unspecified atom stereocenters. The highest BCUT2D eigenvalue weighted by molar-refractivity contribution is 7.21. The van der Waals surface area contributed by atoms with Crippen molar-refractivity contribution in [3.05, 3.63) is 65.3 Å². The lowest BCUT2D eigenvalue weighted by molar-refractivity contribution is -0.121. The zero-order valence-electron chi connectivity index (χ0n) is 22.8. The van der Waals surface area contributed by atoms with E-state index in [-0.39, 0.29) is 29.9 Å². The van der Waals surface area contributed by atoms with E-state index >= 15 is 0 Å². The number of urea groups is 1. The average molecular weight is 571 g/mol. The third-order valence-electron chi connectivity index (χ3n) is 7.40. The number of benzene rings is 1. The molecule has 0 saturated heterocycles. The number of hydrogen-bond donors (Lipinski definition) is 3. The number of carbonyl (C=O) groups is 3. The van der Waals surface area contributed by atoms with Gasteiger partial charge in [0, 0.05) is 30.8 Å². The first-order valence-corrected chi connectivity index (χ1v) is 14.5. The molecule has 1 aliphatic heterocycles. The van der Waals surface area contributed by atoms with Crippen LogP contribution in [0.25, 0.3) is 10.2 Å². The van der Waals surface area contributed by atoms with Gasteiger partial charge in [-0.3, -0.25) is 14.5 Å². The van der Waals surface area contributed by atoms with Crippen LogP contribution in [0.15, 0.2) is 54.9 Å². The van der Waals surface area contributed by atoms with Crippen LogP contribution in [0.1, 0.15) is 54.3 Å². The SMILES string of the molecule is CCC(=O)N[C@@H]1CCC[C@H](NC(=O)c2sc3nccc4c3c2N(c2cnc(Oc3ccccc3)cc2C)C(=O)N4)C1. The summed E-state index contributed by atoms with van der Waals surface area (Å²) in [7, 11) is 0. The molecule has 6 rings (SSSR count). The summed E-state index contributed by atoms with van der Waals surface area (Å²) in [6.45, 7) is 3.70. The fraction of sp³-hybridized carbons (Fsp3) is 0.300. The van der Waals surface area contributed by atoms with Crippen molar-refractivity contribution in [2.75, 3.05) is 10.2 Å². The third kappa shape index (κ3) is 5.32. The second-order valence-corrected chi connectivity index (χ2v) is 11.3. The van der Waals surface area contributed by atoms with Crippen LogP contribution >= 0.6 is 11.3 Å². The Morgan fingerprint density at radius 3 is 2.66 bits per heavy atom. The number of nitrogens with zero attached hydrogens (tertiary/aromatic N) is 3. The van der Waals surface area contributed by atoms with Crippen molar-refractivity contribution in [2.24, 2.45) is 0 Å². The maximum Gasteiger partial charge on any atom is 0.331 e. The van der Waals surface area contributed by atoms with Crippen molar-refractivity contribution in [2.45, 2.75) is 58.0 Å². The van der Waals surface area contributed by atoms with Gasteiger partial charge in [0.1, 0.15) is 15.5 Å². The van der Waals surface area contributed by atoms with E-state index in [1.54, 1.807) is 24.5 Å². The lowest BCUT2D eigenvalue weighted by atomic mass is 9.90. The summed E-state index contributed by atoms with van der Waals surface area (Å²) in [5.41, 5.74) is 2.38. The number of amides is 4. The molecule has 0 bridgehead atoms. The van der Waals surface area contributed by atoms with Crippen LogP contribution in [-0.2, 0) is 4.79 Å². The van der Waals surface area contributed by atoms with Crippen LogP contribution in [0.2, 0.25) is 0 Å². The van der Waals surface area contributed by atoms with Gasteiger partial charge in [-0.15, -0.1) is 11.3 Å². The Morgan fingerprint density at radius 1 is 1.12 bits per heavy atom. The molecule has 1 aromatic carbocycles. The number of anilines is 3. The molecule has 4 aromatic rings. The topological polar surface area (TPSA) is 126 Å².